The molecule has 0 aliphatic carbocycles. The van der Waals surface area contributed by atoms with Crippen molar-refractivity contribution < 1.29 is 13.9 Å². The van der Waals surface area contributed by atoms with Gasteiger partial charge in [0, 0.05) is 31.2 Å². The molecule has 3 rings (SSSR count). The van der Waals surface area contributed by atoms with Crippen LogP contribution in [0.15, 0.2) is 48.5 Å². The second-order valence-electron chi connectivity index (χ2n) is 6.65. The van der Waals surface area contributed by atoms with Gasteiger partial charge in [-0.3, -0.25) is 4.79 Å². The van der Waals surface area contributed by atoms with Gasteiger partial charge < -0.3 is 15.0 Å². The second-order valence-corrected chi connectivity index (χ2v) is 6.65. The molecule has 4 nitrogen and oxygen atoms in total. The number of para-hydroxylation sites is 1. The van der Waals surface area contributed by atoms with Gasteiger partial charge >= 0.3 is 0 Å². The van der Waals surface area contributed by atoms with Gasteiger partial charge in [-0.1, -0.05) is 30.3 Å². The molecule has 0 bridgehead atoms. The van der Waals surface area contributed by atoms with E-state index in [0.717, 1.165) is 49.4 Å². The summed E-state index contributed by atoms with van der Waals surface area (Å²) in [7, 11) is 1.63. The van der Waals surface area contributed by atoms with E-state index in [1.165, 1.54) is 12.1 Å². The Morgan fingerprint density at radius 1 is 1.15 bits per heavy atom. The summed E-state index contributed by atoms with van der Waals surface area (Å²) >= 11 is 0. The molecule has 138 valence electrons. The molecule has 1 aliphatic heterocycles. The number of methoxy groups -OCH3 is 1. The van der Waals surface area contributed by atoms with Crippen LogP contribution >= 0.6 is 0 Å². The predicted molar refractivity (Wildman–Crippen MR) is 99.5 cm³/mol. The third-order valence-electron chi connectivity index (χ3n) is 4.89. The van der Waals surface area contributed by atoms with Crippen molar-refractivity contribution >= 4 is 5.91 Å². The van der Waals surface area contributed by atoms with Crippen LogP contribution in [-0.2, 0) is 17.8 Å². The van der Waals surface area contributed by atoms with Crippen molar-refractivity contribution in [2.45, 2.75) is 31.8 Å². The minimum Gasteiger partial charge on any atom is -0.496 e. The summed E-state index contributed by atoms with van der Waals surface area (Å²) in [5.41, 5.74) is 2.00. The molecule has 1 aliphatic rings. The SMILES string of the molecule is COc1ccccc1CC(=O)N1CCC(NCc2ccc(F)cc2)CC1. The lowest BCUT2D eigenvalue weighted by Crippen LogP contribution is -2.45. The highest BCUT2D eigenvalue weighted by Crippen LogP contribution is 2.20. The number of benzene rings is 2. The summed E-state index contributed by atoms with van der Waals surface area (Å²) in [6.45, 7) is 2.24. The van der Waals surface area contributed by atoms with Gasteiger partial charge in [0.15, 0.2) is 0 Å². The Labute approximate surface area is 154 Å². The highest BCUT2D eigenvalue weighted by atomic mass is 19.1. The van der Waals surface area contributed by atoms with Crippen molar-refractivity contribution in [3.05, 3.63) is 65.5 Å². The zero-order valence-electron chi connectivity index (χ0n) is 15.1. The molecule has 1 amide bonds. The van der Waals surface area contributed by atoms with Gasteiger partial charge in [-0.2, -0.15) is 0 Å². The molecule has 26 heavy (non-hydrogen) atoms. The minimum absolute atomic E-state index is 0.145. The molecular weight excluding hydrogens is 331 g/mol. The summed E-state index contributed by atoms with van der Waals surface area (Å²) in [5, 5.41) is 3.50. The average molecular weight is 356 g/mol. The van der Waals surface area contributed by atoms with Crippen LogP contribution in [0.25, 0.3) is 0 Å². The van der Waals surface area contributed by atoms with Crippen LogP contribution < -0.4 is 10.1 Å². The number of hydrogen-bond donors (Lipinski definition) is 1. The minimum atomic E-state index is -0.212. The number of hydrogen-bond acceptors (Lipinski definition) is 3. The van der Waals surface area contributed by atoms with Crippen LogP contribution in [0.2, 0.25) is 0 Å². The third kappa shape index (κ3) is 4.82. The van der Waals surface area contributed by atoms with Gasteiger partial charge in [-0.05, 0) is 36.6 Å². The molecule has 1 saturated heterocycles. The fourth-order valence-corrected chi connectivity index (χ4v) is 3.32. The van der Waals surface area contributed by atoms with E-state index < -0.39 is 0 Å². The zero-order chi connectivity index (χ0) is 18.4. The molecule has 0 atom stereocenters. The van der Waals surface area contributed by atoms with Crippen LogP contribution in [0.3, 0.4) is 0 Å². The van der Waals surface area contributed by atoms with Gasteiger partial charge in [-0.25, -0.2) is 4.39 Å². The van der Waals surface area contributed by atoms with E-state index in [-0.39, 0.29) is 11.7 Å². The van der Waals surface area contributed by atoms with Gasteiger partial charge in [0.2, 0.25) is 5.91 Å². The molecule has 1 N–H and O–H groups in total. The summed E-state index contributed by atoms with van der Waals surface area (Å²) in [6, 6.07) is 14.6. The molecule has 0 saturated carbocycles. The first-order valence-corrected chi connectivity index (χ1v) is 9.03. The topological polar surface area (TPSA) is 41.6 Å². The Bertz CT molecular complexity index is 725. The van der Waals surface area contributed by atoms with E-state index >= 15 is 0 Å². The monoisotopic (exact) mass is 356 g/mol. The standard InChI is InChI=1S/C21H25FN2O2/c1-26-20-5-3-2-4-17(20)14-21(25)24-12-10-19(11-13-24)23-15-16-6-8-18(22)9-7-16/h2-9,19,23H,10-15H2,1H3. The van der Waals surface area contributed by atoms with E-state index in [9.17, 15) is 9.18 Å². The molecule has 5 heteroatoms. The fourth-order valence-electron chi connectivity index (χ4n) is 3.32. The van der Waals surface area contributed by atoms with E-state index in [2.05, 4.69) is 5.32 Å². The third-order valence-corrected chi connectivity index (χ3v) is 4.89. The normalized spacial score (nSPS) is 15.1. The Balaban J connectivity index is 1.45. The van der Waals surface area contributed by atoms with E-state index in [1.807, 2.05) is 29.2 Å². The molecule has 0 unspecified atom stereocenters. The van der Waals surface area contributed by atoms with E-state index in [1.54, 1.807) is 19.2 Å². The molecule has 2 aromatic carbocycles. The number of carbonyl (C=O) groups is 1. The number of carbonyl (C=O) groups excluding carboxylic acids is 1. The fraction of sp³-hybridized carbons (Fsp3) is 0.381. The number of likely N-dealkylation sites (tertiary alicyclic amines) is 1. The lowest BCUT2D eigenvalue weighted by Gasteiger charge is -2.32. The van der Waals surface area contributed by atoms with Gasteiger partial charge in [-0.15, -0.1) is 0 Å². The summed E-state index contributed by atoms with van der Waals surface area (Å²) in [4.78, 5) is 14.5. The maximum Gasteiger partial charge on any atom is 0.227 e. The first kappa shape index (κ1) is 18.4. The number of nitrogens with one attached hydrogen (secondary N) is 1. The van der Waals surface area contributed by atoms with Crippen LogP contribution in [0.1, 0.15) is 24.0 Å². The van der Waals surface area contributed by atoms with Crippen LogP contribution in [-0.4, -0.2) is 37.0 Å². The van der Waals surface area contributed by atoms with Crippen molar-refractivity contribution in [2.75, 3.05) is 20.2 Å². The number of amides is 1. The molecule has 1 heterocycles. The molecule has 1 fully saturated rings. The van der Waals surface area contributed by atoms with Crippen molar-refractivity contribution in [3.8, 4) is 5.75 Å². The Kier molecular flexibility index (Phi) is 6.23. The second kappa shape index (κ2) is 8.81. The highest BCUT2D eigenvalue weighted by Gasteiger charge is 2.23. The van der Waals surface area contributed by atoms with Crippen LogP contribution in [0, 0.1) is 5.82 Å². The highest BCUT2D eigenvalue weighted by molar-refractivity contribution is 5.79. The number of rotatable bonds is 6. The first-order chi connectivity index (χ1) is 12.7. The Morgan fingerprint density at radius 3 is 2.54 bits per heavy atom. The quantitative estimate of drug-likeness (QED) is 0.864. The lowest BCUT2D eigenvalue weighted by molar-refractivity contribution is -0.131. The maximum absolute atomic E-state index is 12.9. The average Bonchev–Trinajstić information content (AvgIpc) is 2.68. The number of halogens is 1. The largest absolute Gasteiger partial charge is 0.496 e. The van der Waals surface area contributed by atoms with Gasteiger partial charge in [0.1, 0.15) is 11.6 Å². The van der Waals surface area contributed by atoms with Crippen LogP contribution in [0.5, 0.6) is 5.75 Å². The van der Waals surface area contributed by atoms with Gasteiger partial charge in [0.05, 0.1) is 13.5 Å². The molecule has 0 spiro atoms. The Hall–Kier alpha value is -2.40. The molecule has 0 radical (unpaired) electrons. The van der Waals surface area contributed by atoms with E-state index in [0.29, 0.717) is 12.5 Å². The number of ether oxygens (including phenoxy) is 1. The number of nitrogens with zero attached hydrogens (tertiary/aromatic N) is 1. The number of piperidine rings is 1. The van der Waals surface area contributed by atoms with Crippen molar-refractivity contribution in [1.82, 2.24) is 10.2 Å². The van der Waals surface area contributed by atoms with Crippen molar-refractivity contribution in [2.24, 2.45) is 0 Å². The van der Waals surface area contributed by atoms with Crippen molar-refractivity contribution in [1.29, 1.82) is 0 Å². The summed E-state index contributed by atoms with van der Waals surface area (Å²) in [6.07, 6.45) is 2.23. The predicted octanol–water partition coefficient (Wildman–Crippen LogP) is 3.16. The van der Waals surface area contributed by atoms with Gasteiger partial charge in [0.25, 0.3) is 0 Å². The summed E-state index contributed by atoms with van der Waals surface area (Å²) in [5.74, 6) is 0.693. The molecule has 2 aromatic rings. The molecule has 0 aromatic heterocycles. The maximum atomic E-state index is 12.9. The summed E-state index contributed by atoms with van der Waals surface area (Å²) < 4.78 is 18.3. The Morgan fingerprint density at radius 2 is 1.85 bits per heavy atom. The smallest absolute Gasteiger partial charge is 0.227 e. The van der Waals surface area contributed by atoms with Crippen molar-refractivity contribution in [3.63, 3.8) is 0 Å². The zero-order valence-corrected chi connectivity index (χ0v) is 15.1. The lowest BCUT2D eigenvalue weighted by atomic mass is 10.0. The van der Waals surface area contributed by atoms with Crippen LogP contribution in [0.4, 0.5) is 4.39 Å². The first-order valence-electron chi connectivity index (χ1n) is 9.03. The molecular formula is C21H25FN2O2. The van der Waals surface area contributed by atoms with E-state index in [4.69, 9.17) is 4.74 Å².